The number of aromatic nitrogens is 4. The largest absolute Gasteiger partial charge is 0.393 e. The summed E-state index contributed by atoms with van der Waals surface area (Å²) in [5.74, 6) is 0.634. The fraction of sp³-hybridized carbons (Fsp3) is 0.520. The molecule has 2 aromatic heterocycles. The quantitative estimate of drug-likeness (QED) is 0.275. The molecule has 3 aromatic rings. The maximum Gasteiger partial charge on any atom is 0.224 e. The Morgan fingerprint density at radius 2 is 1.73 bits per heavy atom. The van der Waals surface area contributed by atoms with Crippen molar-refractivity contribution in [1.82, 2.24) is 19.5 Å². The molecule has 0 unspecified atom stereocenters. The molecule has 2 atom stereocenters. The highest BCUT2D eigenvalue weighted by Crippen LogP contribution is 2.40. The number of hydrogen-bond acceptors (Lipinski definition) is 7. The predicted octanol–water partition coefficient (Wildman–Crippen LogP) is 5.85. The highest BCUT2D eigenvalue weighted by atomic mass is 35.5. The van der Waals surface area contributed by atoms with Crippen LogP contribution in [0.1, 0.15) is 63.8 Å². The molecule has 1 amide bonds. The van der Waals surface area contributed by atoms with E-state index >= 15 is 0 Å². The Labute approximate surface area is 230 Å². The molecule has 9 nitrogen and oxygen atoms in total. The minimum absolute atomic E-state index is 0.0374. The van der Waals surface area contributed by atoms with Crippen molar-refractivity contribution in [3.05, 3.63) is 33.4 Å². The van der Waals surface area contributed by atoms with Crippen LogP contribution in [0.5, 0.6) is 0 Å². The van der Waals surface area contributed by atoms with Gasteiger partial charge in [0.05, 0.1) is 28.0 Å². The molecule has 2 saturated carbocycles. The summed E-state index contributed by atoms with van der Waals surface area (Å²) in [6, 6.07) is 3.37. The van der Waals surface area contributed by atoms with Crippen LogP contribution in [-0.4, -0.2) is 42.7 Å². The summed E-state index contributed by atoms with van der Waals surface area (Å²) in [4.78, 5) is 25.9. The number of benzene rings is 1. The van der Waals surface area contributed by atoms with Crippen molar-refractivity contribution in [2.75, 3.05) is 10.6 Å². The molecular weight excluding hydrogens is 537 g/mol. The molecule has 2 aliphatic rings. The summed E-state index contributed by atoms with van der Waals surface area (Å²) >= 11 is 19.0. The van der Waals surface area contributed by atoms with Crippen LogP contribution in [-0.2, 0) is 4.79 Å². The first kappa shape index (κ1) is 26.3. The zero-order valence-electron chi connectivity index (χ0n) is 20.3. The Kier molecular flexibility index (Phi) is 7.95. The number of carbonyl (C=O) groups is 1. The van der Waals surface area contributed by atoms with Gasteiger partial charge < -0.3 is 21.5 Å². The van der Waals surface area contributed by atoms with E-state index in [4.69, 9.17) is 50.5 Å². The van der Waals surface area contributed by atoms with Crippen LogP contribution in [0.2, 0.25) is 15.1 Å². The lowest BCUT2D eigenvalue weighted by Crippen LogP contribution is -2.29. The topological polar surface area (TPSA) is 131 Å². The molecule has 5 N–H and O–H groups in total. The van der Waals surface area contributed by atoms with Gasteiger partial charge in [-0.25, -0.2) is 9.97 Å². The van der Waals surface area contributed by atoms with E-state index in [-0.39, 0.29) is 30.0 Å². The smallest absolute Gasteiger partial charge is 0.224 e. The maximum absolute atomic E-state index is 11.8. The number of carbonyl (C=O) groups excluding carboxylic acids is 1. The second-order valence-corrected chi connectivity index (χ2v) is 11.3. The van der Waals surface area contributed by atoms with E-state index in [2.05, 4.69) is 15.6 Å². The summed E-state index contributed by atoms with van der Waals surface area (Å²) in [5, 5.41) is 18.1. The lowest BCUT2D eigenvalue weighted by Gasteiger charge is -2.29. The monoisotopic (exact) mass is 565 g/mol. The van der Waals surface area contributed by atoms with Gasteiger partial charge in [-0.3, -0.25) is 9.36 Å². The van der Waals surface area contributed by atoms with Gasteiger partial charge in [-0.1, -0.05) is 47.6 Å². The average Bonchev–Trinajstić information content (AvgIpc) is 3.07. The minimum atomic E-state index is -0.320. The molecular formula is C25H30Cl3N7O2. The lowest BCUT2D eigenvalue weighted by molar-refractivity contribution is -0.122. The Morgan fingerprint density at radius 1 is 1.03 bits per heavy atom. The number of imidazole rings is 1. The summed E-state index contributed by atoms with van der Waals surface area (Å²) in [6.07, 6.45) is 8.76. The van der Waals surface area contributed by atoms with Gasteiger partial charge in [0.2, 0.25) is 17.8 Å². The van der Waals surface area contributed by atoms with Crippen molar-refractivity contribution >= 4 is 69.5 Å². The number of hydrogen-bond donors (Lipinski definition) is 4. The SMILES string of the molecule is NC(=O)[C@H]1CC[C@H](n2c(Nc3c(Cl)cc(Cl)cc3Cl)nc3cnc(N[C@H]4CCCC[C@@H](O)C4)nc32)CC1. The number of halogens is 3. The fourth-order valence-electron chi connectivity index (χ4n) is 5.43. The van der Waals surface area contributed by atoms with E-state index in [9.17, 15) is 9.90 Å². The number of fused-ring (bicyclic) bond motifs is 1. The zero-order valence-corrected chi connectivity index (χ0v) is 22.5. The summed E-state index contributed by atoms with van der Waals surface area (Å²) < 4.78 is 2.04. The number of aliphatic hydroxyl groups is 1. The van der Waals surface area contributed by atoms with Crippen molar-refractivity contribution in [3.8, 4) is 0 Å². The third-order valence-electron chi connectivity index (χ3n) is 7.37. The Bertz CT molecular complexity index is 1270. The highest BCUT2D eigenvalue weighted by molar-refractivity contribution is 6.41. The summed E-state index contributed by atoms with van der Waals surface area (Å²) in [6.45, 7) is 0. The molecule has 0 bridgehead atoms. The van der Waals surface area contributed by atoms with Crippen LogP contribution in [0.15, 0.2) is 18.3 Å². The van der Waals surface area contributed by atoms with E-state index in [1.54, 1.807) is 18.3 Å². The van der Waals surface area contributed by atoms with Crippen LogP contribution >= 0.6 is 34.8 Å². The molecule has 1 aromatic carbocycles. The lowest BCUT2D eigenvalue weighted by atomic mass is 9.85. The van der Waals surface area contributed by atoms with Gasteiger partial charge in [-0.05, 0) is 57.1 Å². The standard InChI is InChI=1S/C25H30Cl3N7O2/c26-14-9-18(27)21(19(28)10-14)33-25-32-20-12-30-24(31-15-3-1-2-4-17(36)11-15)34-23(20)35(25)16-7-5-13(6-8-16)22(29)37/h9-10,12-13,15-17,36H,1-8,11H2,(H2,29,37)(H,32,33)(H,30,31,34)/t13-,15-,16-,17+/m0/s1. The van der Waals surface area contributed by atoms with Gasteiger partial charge in [-0.15, -0.1) is 0 Å². The summed E-state index contributed by atoms with van der Waals surface area (Å²) in [7, 11) is 0. The van der Waals surface area contributed by atoms with Crippen LogP contribution in [0.25, 0.3) is 11.2 Å². The van der Waals surface area contributed by atoms with Gasteiger partial charge in [0, 0.05) is 23.0 Å². The van der Waals surface area contributed by atoms with Gasteiger partial charge in [0.15, 0.2) is 5.65 Å². The van der Waals surface area contributed by atoms with E-state index in [0.29, 0.717) is 63.1 Å². The number of rotatable bonds is 6. The fourth-order valence-corrected chi connectivity index (χ4v) is 6.35. The van der Waals surface area contributed by atoms with Crippen LogP contribution in [0, 0.1) is 5.92 Å². The van der Waals surface area contributed by atoms with Crippen molar-refractivity contribution in [2.24, 2.45) is 11.7 Å². The molecule has 0 aliphatic heterocycles. The van der Waals surface area contributed by atoms with Crippen LogP contribution < -0.4 is 16.4 Å². The number of nitrogens with one attached hydrogen (secondary N) is 2. The molecule has 12 heteroatoms. The Balaban J connectivity index is 1.51. The molecule has 0 radical (unpaired) electrons. The van der Waals surface area contributed by atoms with Crippen LogP contribution in [0.4, 0.5) is 17.6 Å². The highest BCUT2D eigenvalue weighted by Gasteiger charge is 2.30. The first-order chi connectivity index (χ1) is 17.8. The van der Waals surface area contributed by atoms with Gasteiger partial charge in [0.25, 0.3) is 0 Å². The van der Waals surface area contributed by atoms with E-state index in [1.807, 2.05) is 4.57 Å². The molecule has 198 valence electrons. The number of aliphatic hydroxyl groups excluding tert-OH is 1. The third-order valence-corrected chi connectivity index (χ3v) is 8.18. The number of anilines is 3. The minimum Gasteiger partial charge on any atom is -0.393 e. The Morgan fingerprint density at radius 3 is 2.43 bits per heavy atom. The average molecular weight is 567 g/mol. The first-order valence-corrected chi connectivity index (χ1v) is 13.8. The van der Waals surface area contributed by atoms with Gasteiger partial charge in [-0.2, -0.15) is 4.98 Å². The predicted molar refractivity (Wildman–Crippen MR) is 147 cm³/mol. The molecule has 0 saturated heterocycles. The van der Waals surface area contributed by atoms with Gasteiger partial charge in [0.1, 0.15) is 5.52 Å². The molecule has 5 rings (SSSR count). The van der Waals surface area contributed by atoms with Crippen LogP contribution in [0.3, 0.4) is 0 Å². The first-order valence-electron chi connectivity index (χ1n) is 12.7. The van der Waals surface area contributed by atoms with Crippen molar-refractivity contribution in [3.63, 3.8) is 0 Å². The molecule has 2 heterocycles. The molecule has 2 aliphatic carbocycles. The van der Waals surface area contributed by atoms with E-state index in [0.717, 1.165) is 38.5 Å². The van der Waals surface area contributed by atoms with Crippen molar-refractivity contribution in [2.45, 2.75) is 76.0 Å². The number of nitrogens with two attached hydrogens (primary N) is 1. The number of amides is 1. The third kappa shape index (κ3) is 5.90. The number of primary amides is 1. The maximum atomic E-state index is 11.8. The van der Waals surface area contributed by atoms with Crippen molar-refractivity contribution in [1.29, 1.82) is 0 Å². The zero-order chi connectivity index (χ0) is 26.1. The molecule has 37 heavy (non-hydrogen) atoms. The van der Waals surface area contributed by atoms with Gasteiger partial charge >= 0.3 is 0 Å². The molecule has 0 spiro atoms. The second-order valence-electron chi connectivity index (χ2n) is 10.0. The van der Waals surface area contributed by atoms with Crippen molar-refractivity contribution < 1.29 is 9.90 Å². The molecule has 2 fully saturated rings. The summed E-state index contributed by atoms with van der Waals surface area (Å²) in [5.41, 5.74) is 7.35. The second kappa shape index (κ2) is 11.2. The van der Waals surface area contributed by atoms with E-state index in [1.165, 1.54) is 0 Å². The van der Waals surface area contributed by atoms with E-state index < -0.39 is 0 Å². The number of nitrogens with zero attached hydrogens (tertiary/aromatic N) is 4. The normalized spacial score (nSPS) is 24.5. The Hall–Kier alpha value is -2.33.